The van der Waals surface area contributed by atoms with E-state index in [0.29, 0.717) is 13.0 Å². The summed E-state index contributed by atoms with van der Waals surface area (Å²) in [6.45, 7) is 2.77. The third-order valence-corrected chi connectivity index (χ3v) is 8.06. The van der Waals surface area contributed by atoms with E-state index < -0.39 is 0 Å². The maximum atomic E-state index is 12.6. The minimum atomic E-state index is -0.106. The molecule has 4 saturated carbocycles. The van der Waals surface area contributed by atoms with Gasteiger partial charge < -0.3 is 15.5 Å². The van der Waals surface area contributed by atoms with Gasteiger partial charge in [0.2, 0.25) is 11.8 Å². The molecule has 6 rings (SSSR count). The molecule has 0 aromatic heterocycles. The highest BCUT2D eigenvalue weighted by Gasteiger charge is 2.51. The third kappa shape index (κ3) is 4.21. The molecule has 1 saturated heterocycles. The average Bonchev–Trinajstić information content (AvgIpc) is 3.24. The first-order valence-corrected chi connectivity index (χ1v) is 11.9. The fraction of sp³-hybridized carbons (Fsp3) is 0.680. The lowest BCUT2D eigenvalue weighted by molar-refractivity contribution is -0.131. The van der Waals surface area contributed by atoms with E-state index in [0.717, 1.165) is 36.4 Å². The van der Waals surface area contributed by atoms with E-state index in [4.69, 9.17) is 0 Å². The van der Waals surface area contributed by atoms with Gasteiger partial charge in [0.15, 0.2) is 0 Å². The lowest BCUT2D eigenvalue weighted by Gasteiger charge is -2.56. The minimum Gasteiger partial charge on any atom is -0.371 e. The van der Waals surface area contributed by atoms with Crippen molar-refractivity contribution in [3.8, 4) is 0 Å². The molecule has 1 aromatic carbocycles. The largest absolute Gasteiger partial charge is 0.371 e. The van der Waals surface area contributed by atoms with E-state index in [1.165, 1.54) is 57.1 Å². The van der Waals surface area contributed by atoms with Crippen LogP contribution in [0.15, 0.2) is 24.3 Å². The summed E-state index contributed by atoms with van der Waals surface area (Å²) in [6.07, 6.45) is 10.9. The lowest BCUT2D eigenvalue weighted by Crippen LogP contribution is -2.48. The molecule has 162 valence electrons. The second-order valence-electron chi connectivity index (χ2n) is 10.5. The Balaban J connectivity index is 1.09. The number of hydrogen-bond donors (Lipinski definition) is 2. The van der Waals surface area contributed by atoms with Gasteiger partial charge in [0.1, 0.15) is 0 Å². The zero-order chi connectivity index (χ0) is 20.6. The Kier molecular flexibility index (Phi) is 5.46. The number of rotatable bonds is 7. The number of benzene rings is 1. The van der Waals surface area contributed by atoms with Crippen molar-refractivity contribution in [2.24, 2.45) is 23.2 Å². The van der Waals surface area contributed by atoms with Gasteiger partial charge in [0.25, 0.3) is 0 Å². The minimum absolute atomic E-state index is 0.0598. The quantitative estimate of drug-likeness (QED) is 0.723. The first-order valence-electron chi connectivity index (χ1n) is 11.9. The number of amides is 2. The summed E-state index contributed by atoms with van der Waals surface area (Å²) in [7, 11) is 0. The highest BCUT2D eigenvalue weighted by Crippen LogP contribution is 2.61. The molecule has 0 atom stereocenters. The monoisotopic (exact) mass is 409 g/mol. The van der Waals surface area contributed by atoms with Crippen LogP contribution in [-0.2, 0) is 16.1 Å². The van der Waals surface area contributed by atoms with Crippen molar-refractivity contribution in [2.75, 3.05) is 24.5 Å². The van der Waals surface area contributed by atoms with E-state index in [9.17, 15) is 9.59 Å². The van der Waals surface area contributed by atoms with Crippen LogP contribution < -0.4 is 15.5 Å². The predicted molar refractivity (Wildman–Crippen MR) is 118 cm³/mol. The number of anilines is 1. The summed E-state index contributed by atoms with van der Waals surface area (Å²) >= 11 is 0. The van der Waals surface area contributed by atoms with Crippen molar-refractivity contribution in [2.45, 2.75) is 64.3 Å². The first-order chi connectivity index (χ1) is 14.6. The van der Waals surface area contributed by atoms with Gasteiger partial charge in [-0.25, -0.2) is 0 Å². The summed E-state index contributed by atoms with van der Waals surface area (Å²) in [5.74, 6) is 2.50. The lowest BCUT2D eigenvalue weighted by atomic mass is 9.49. The normalized spacial score (nSPS) is 31.7. The van der Waals surface area contributed by atoms with E-state index in [1.54, 1.807) is 0 Å². The summed E-state index contributed by atoms with van der Waals surface area (Å²) in [5.41, 5.74) is 2.60. The fourth-order valence-corrected chi connectivity index (χ4v) is 7.27. The van der Waals surface area contributed by atoms with Crippen molar-refractivity contribution in [3.63, 3.8) is 0 Å². The number of nitrogens with one attached hydrogen (secondary N) is 2. The van der Waals surface area contributed by atoms with E-state index in [1.807, 2.05) is 6.07 Å². The summed E-state index contributed by atoms with van der Waals surface area (Å²) in [6, 6.07) is 8.30. The molecule has 0 unspecified atom stereocenters. The molecule has 5 aliphatic rings. The molecule has 1 aromatic rings. The number of para-hydroxylation sites is 1. The molecular weight excluding hydrogens is 374 g/mol. The standard InChI is InChI=1S/C25H35N3O2/c29-23(15-25-12-18-9-19(13-25)11-20(10-18)14-25)27-17-24(30)26-16-21-5-1-2-6-22(21)28-7-3-4-8-28/h1-2,5-6,18-20H,3-4,7-17H2,(H,26,30)(H,27,29). The van der Waals surface area contributed by atoms with Gasteiger partial charge in [-0.15, -0.1) is 0 Å². The van der Waals surface area contributed by atoms with Crippen LogP contribution >= 0.6 is 0 Å². The van der Waals surface area contributed by atoms with Crippen LogP contribution in [0.25, 0.3) is 0 Å². The maximum absolute atomic E-state index is 12.6. The van der Waals surface area contributed by atoms with Crippen LogP contribution in [0.4, 0.5) is 5.69 Å². The van der Waals surface area contributed by atoms with Crippen LogP contribution in [0, 0.1) is 23.2 Å². The average molecular weight is 410 g/mol. The summed E-state index contributed by atoms with van der Waals surface area (Å²) in [4.78, 5) is 27.4. The molecule has 0 spiro atoms. The van der Waals surface area contributed by atoms with Gasteiger partial charge in [-0.2, -0.15) is 0 Å². The van der Waals surface area contributed by atoms with Crippen LogP contribution in [0.3, 0.4) is 0 Å². The third-order valence-electron chi connectivity index (χ3n) is 8.06. The molecular formula is C25H35N3O2. The smallest absolute Gasteiger partial charge is 0.239 e. The van der Waals surface area contributed by atoms with Gasteiger partial charge in [0, 0.05) is 31.7 Å². The number of carbonyl (C=O) groups excluding carboxylic acids is 2. The van der Waals surface area contributed by atoms with Gasteiger partial charge in [-0.05, 0) is 86.2 Å². The van der Waals surface area contributed by atoms with Gasteiger partial charge >= 0.3 is 0 Å². The Morgan fingerprint density at radius 3 is 2.20 bits per heavy atom. The Morgan fingerprint density at radius 2 is 1.53 bits per heavy atom. The van der Waals surface area contributed by atoms with Crippen molar-refractivity contribution >= 4 is 17.5 Å². The summed E-state index contributed by atoms with van der Waals surface area (Å²) < 4.78 is 0. The Morgan fingerprint density at radius 1 is 0.900 bits per heavy atom. The second-order valence-corrected chi connectivity index (χ2v) is 10.5. The maximum Gasteiger partial charge on any atom is 0.239 e. The molecule has 4 bridgehead atoms. The highest BCUT2D eigenvalue weighted by molar-refractivity contribution is 5.85. The Bertz CT molecular complexity index is 764. The van der Waals surface area contributed by atoms with E-state index >= 15 is 0 Å². The van der Waals surface area contributed by atoms with Gasteiger partial charge in [-0.1, -0.05) is 18.2 Å². The van der Waals surface area contributed by atoms with Crippen LogP contribution in [0.5, 0.6) is 0 Å². The van der Waals surface area contributed by atoms with Crippen molar-refractivity contribution in [1.29, 1.82) is 0 Å². The van der Waals surface area contributed by atoms with E-state index in [-0.39, 0.29) is 23.8 Å². The molecule has 5 nitrogen and oxygen atoms in total. The number of nitrogens with zero attached hydrogens (tertiary/aromatic N) is 1. The molecule has 4 aliphatic carbocycles. The Hall–Kier alpha value is -2.04. The first kappa shape index (κ1) is 19.9. The summed E-state index contributed by atoms with van der Waals surface area (Å²) in [5, 5.41) is 5.90. The van der Waals surface area contributed by atoms with Gasteiger partial charge in [0.05, 0.1) is 6.54 Å². The molecule has 0 radical (unpaired) electrons. The van der Waals surface area contributed by atoms with Crippen LogP contribution in [-0.4, -0.2) is 31.4 Å². The molecule has 1 aliphatic heterocycles. The van der Waals surface area contributed by atoms with Crippen molar-refractivity contribution in [1.82, 2.24) is 10.6 Å². The molecule has 2 amide bonds. The fourth-order valence-electron chi connectivity index (χ4n) is 7.27. The number of hydrogen-bond acceptors (Lipinski definition) is 3. The van der Waals surface area contributed by atoms with E-state index in [2.05, 4.69) is 33.7 Å². The zero-order valence-corrected chi connectivity index (χ0v) is 18.0. The SMILES string of the molecule is O=C(CNC(=O)CC12CC3CC(CC(C3)C1)C2)NCc1ccccc1N1CCCC1. The number of carbonyl (C=O) groups is 2. The highest BCUT2D eigenvalue weighted by atomic mass is 16.2. The van der Waals surface area contributed by atoms with Crippen LogP contribution in [0.1, 0.15) is 63.4 Å². The van der Waals surface area contributed by atoms with Gasteiger partial charge in [-0.3, -0.25) is 9.59 Å². The molecule has 2 N–H and O–H groups in total. The molecule has 1 heterocycles. The molecule has 5 heteroatoms. The molecule has 30 heavy (non-hydrogen) atoms. The topological polar surface area (TPSA) is 61.4 Å². The predicted octanol–water partition coefficient (Wildman–Crippen LogP) is 3.63. The molecule has 5 fully saturated rings. The van der Waals surface area contributed by atoms with Crippen molar-refractivity contribution < 1.29 is 9.59 Å². The zero-order valence-electron chi connectivity index (χ0n) is 18.0. The second kappa shape index (κ2) is 8.24. The van der Waals surface area contributed by atoms with Crippen LogP contribution in [0.2, 0.25) is 0 Å². The Labute approximate surface area is 180 Å². The van der Waals surface area contributed by atoms with Crippen molar-refractivity contribution in [3.05, 3.63) is 29.8 Å².